The van der Waals surface area contributed by atoms with Gasteiger partial charge in [-0.3, -0.25) is 0 Å². The standard InChI is InChI=1S/C21H32/c1-3-5-17-8-11-21-15-20(13-12-19(21)14-17)18-9-6-16(4-2)7-10-18/h12-13,15-18H,3-11,14H2,1-2H3/t16-,17?,18-. The molecule has 1 aromatic rings. The van der Waals surface area contributed by atoms with Crippen LogP contribution in [0.15, 0.2) is 18.2 Å². The van der Waals surface area contributed by atoms with Gasteiger partial charge >= 0.3 is 0 Å². The monoisotopic (exact) mass is 284 g/mol. The maximum absolute atomic E-state index is 2.58. The summed E-state index contributed by atoms with van der Waals surface area (Å²) in [5, 5.41) is 0. The molecule has 3 rings (SSSR count). The highest BCUT2D eigenvalue weighted by Gasteiger charge is 2.23. The lowest BCUT2D eigenvalue weighted by Crippen LogP contribution is -2.16. The van der Waals surface area contributed by atoms with Crippen LogP contribution in [0.2, 0.25) is 0 Å². The molecule has 1 fully saturated rings. The zero-order chi connectivity index (χ0) is 14.7. The van der Waals surface area contributed by atoms with E-state index in [1.807, 2.05) is 0 Å². The summed E-state index contributed by atoms with van der Waals surface area (Å²) in [7, 11) is 0. The summed E-state index contributed by atoms with van der Waals surface area (Å²) in [6, 6.07) is 7.51. The Hall–Kier alpha value is -0.780. The predicted octanol–water partition coefficient (Wildman–Crippen LogP) is 6.28. The fourth-order valence-corrected chi connectivity index (χ4v) is 4.66. The van der Waals surface area contributed by atoms with Crippen LogP contribution in [0.5, 0.6) is 0 Å². The molecule has 0 nitrogen and oxygen atoms in total. The van der Waals surface area contributed by atoms with Crippen molar-refractivity contribution >= 4 is 0 Å². The minimum Gasteiger partial charge on any atom is -0.0654 e. The quantitative estimate of drug-likeness (QED) is 0.610. The molecule has 1 atom stereocenters. The SMILES string of the molecule is CCCC1CCc2cc([C@H]3CC[C@H](CC)CC3)ccc2C1. The second-order valence-corrected chi connectivity index (χ2v) is 7.55. The first-order valence-corrected chi connectivity index (χ1v) is 9.41. The van der Waals surface area contributed by atoms with Crippen LogP contribution in [0.4, 0.5) is 0 Å². The molecule has 2 aliphatic rings. The van der Waals surface area contributed by atoms with Gasteiger partial charge in [0.05, 0.1) is 0 Å². The summed E-state index contributed by atoms with van der Waals surface area (Å²) in [4.78, 5) is 0. The van der Waals surface area contributed by atoms with Gasteiger partial charge in [-0.05, 0) is 79.4 Å². The van der Waals surface area contributed by atoms with Gasteiger partial charge in [0.2, 0.25) is 0 Å². The van der Waals surface area contributed by atoms with E-state index in [0.717, 1.165) is 17.8 Å². The van der Waals surface area contributed by atoms with Gasteiger partial charge in [0, 0.05) is 0 Å². The average molecular weight is 284 g/mol. The van der Waals surface area contributed by atoms with Gasteiger partial charge in [-0.15, -0.1) is 0 Å². The predicted molar refractivity (Wildman–Crippen MR) is 91.9 cm³/mol. The highest BCUT2D eigenvalue weighted by atomic mass is 14.3. The smallest absolute Gasteiger partial charge is 0.0162 e. The van der Waals surface area contributed by atoms with Gasteiger partial charge < -0.3 is 0 Å². The van der Waals surface area contributed by atoms with Crippen molar-refractivity contribution in [1.29, 1.82) is 0 Å². The number of fused-ring (bicyclic) bond motifs is 1. The third kappa shape index (κ3) is 3.52. The largest absolute Gasteiger partial charge is 0.0654 e. The minimum absolute atomic E-state index is 0.853. The first-order valence-electron chi connectivity index (χ1n) is 9.41. The van der Waals surface area contributed by atoms with Gasteiger partial charge in [-0.25, -0.2) is 0 Å². The highest BCUT2D eigenvalue weighted by molar-refractivity contribution is 5.36. The van der Waals surface area contributed by atoms with Crippen molar-refractivity contribution in [3.05, 3.63) is 34.9 Å². The summed E-state index contributed by atoms with van der Waals surface area (Å²) in [5.74, 6) is 2.81. The first-order chi connectivity index (χ1) is 10.3. The molecule has 21 heavy (non-hydrogen) atoms. The fourth-order valence-electron chi connectivity index (χ4n) is 4.66. The first kappa shape index (κ1) is 15.1. The molecule has 0 spiro atoms. The number of hydrogen-bond acceptors (Lipinski definition) is 0. The maximum atomic E-state index is 2.58. The second-order valence-electron chi connectivity index (χ2n) is 7.55. The Labute approximate surface area is 131 Å². The van der Waals surface area contributed by atoms with E-state index in [1.165, 1.54) is 64.2 Å². The number of rotatable bonds is 4. The summed E-state index contributed by atoms with van der Waals surface area (Å²) < 4.78 is 0. The molecule has 0 N–H and O–H groups in total. The topological polar surface area (TPSA) is 0 Å². The van der Waals surface area contributed by atoms with Crippen molar-refractivity contribution in [2.24, 2.45) is 11.8 Å². The van der Waals surface area contributed by atoms with Gasteiger partial charge in [-0.2, -0.15) is 0 Å². The van der Waals surface area contributed by atoms with Crippen LogP contribution in [0, 0.1) is 11.8 Å². The van der Waals surface area contributed by atoms with Crippen molar-refractivity contribution in [3.63, 3.8) is 0 Å². The van der Waals surface area contributed by atoms with E-state index < -0.39 is 0 Å². The summed E-state index contributed by atoms with van der Waals surface area (Å²) >= 11 is 0. The number of aryl methyl sites for hydroxylation is 1. The van der Waals surface area contributed by atoms with Gasteiger partial charge in [0.1, 0.15) is 0 Å². The van der Waals surface area contributed by atoms with Gasteiger partial charge in [0.15, 0.2) is 0 Å². The molecule has 1 saturated carbocycles. The van der Waals surface area contributed by atoms with E-state index in [4.69, 9.17) is 0 Å². The molecule has 0 amide bonds. The summed E-state index contributed by atoms with van der Waals surface area (Å²) in [6.45, 7) is 4.68. The van der Waals surface area contributed by atoms with Crippen LogP contribution in [-0.4, -0.2) is 0 Å². The Balaban J connectivity index is 1.67. The van der Waals surface area contributed by atoms with E-state index in [1.54, 1.807) is 16.7 Å². The zero-order valence-electron chi connectivity index (χ0n) is 14.0. The molecule has 0 heterocycles. The van der Waals surface area contributed by atoms with Crippen molar-refractivity contribution < 1.29 is 0 Å². The molecule has 0 saturated heterocycles. The molecular formula is C21H32. The van der Waals surface area contributed by atoms with Crippen molar-refractivity contribution in [3.8, 4) is 0 Å². The number of benzene rings is 1. The van der Waals surface area contributed by atoms with Gasteiger partial charge in [-0.1, -0.05) is 51.3 Å². The number of hydrogen-bond donors (Lipinski definition) is 0. The Bertz CT molecular complexity index is 451. The van der Waals surface area contributed by atoms with Crippen LogP contribution in [0.3, 0.4) is 0 Å². The summed E-state index contributed by atoms with van der Waals surface area (Å²) in [5.41, 5.74) is 4.99. The third-order valence-corrected chi connectivity index (χ3v) is 6.15. The molecule has 0 radical (unpaired) electrons. The molecule has 0 heteroatoms. The van der Waals surface area contributed by atoms with E-state index in [9.17, 15) is 0 Å². The third-order valence-electron chi connectivity index (χ3n) is 6.15. The molecule has 116 valence electrons. The molecule has 0 aromatic heterocycles. The van der Waals surface area contributed by atoms with E-state index >= 15 is 0 Å². The maximum Gasteiger partial charge on any atom is -0.0162 e. The Morgan fingerprint density at radius 2 is 1.71 bits per heavy atom. The van der Waals surface area contributed by atoms with E-state index in [2.05, 4.69) is 32.0 Å². The lowest BCUT2D eigenvalue weighted by molar-refractivity contribution is 0.318. The van der Waals surface area contributed by atoms with Crippen molar-refractivity contribution in [1.82, 2.24) is 0 Å². The molecule has 0 aliphatic heterocycles. The van der Waals surface area contributed by atoms with Crippen LogP contribution < -0.4 is 0 Å². The van der Waals surface area contributed by atoms with Crippen LogP contribution in [0.25, 0.3) is 0 Å². The Morgan fingerprint density at radius 1 is 0.905 bits per heavy atom. The average Bonchev–Trinajstić information content (AvgIpc) is 2.55. The minimum atomic E-state index is 0.853. The normalized spacial score (nSPS) is 29.1. The molecule has 2 aliphatic carbocycles. The zero-order valence-corrected chi connectivity index (χ0v) is 14.0. The second kappa shape index (κ2) is 6.99. The molecular weight excluding hydrogens is 252 g/mol. The van der Waals surface area contributed by atoms with Crippen molar-refractivity contribution in [2.45, 2.75) is 84.0 Å². The molecule has 1 aromatic carbocycles. The fraction of sp³-hybridized carbons (Fsp3) is 0.714. The van der Waals surface area contributed by atoms with Gasteiger partial charge in [0.25, 0.3) is 0 Å². The summed E-state index contributed by atoms with van der Waals surface area (Å²) in [6.07, 6.45) is 14.0. The van der Waals surface area contributed by atoms with E-state index in [0.29, 0.717) is 0 Å². The Kier molecular flexibility index (Phi) is 5.03. The highest BCUT2D eigenvalue weighted by Crippen LogP contribution is 2.38. The lowest BCUT2D eigenvalue weighted by Gasteiger charge is -2.30. The van der Waals surface area contributed by atoms with Crippen molar-refractivity contribution in [2.75, 3.05) is 0 Å². The van der Waals surface area contributed by atoms with E-state index in [-0.39, 0.29) is 0 Å². The molecule has 1 unspecified atom stereocenters. The van der Waals surface area contributed by atoms with Crippen LogP contribution in [-0.2, 0) is 12.8 Å². The molecule has 0 bridgehead atoms. The van der Waals surface area contributed by atoms with Crippen LogP contribution >= 0.6 is 0 Å². The van der Waals surface area contributed by atoms with Crippen LogP contribution in [0.1, 0.15) is 87.8 Å². The Morgan fingerprint density at radius 3 is 2.43 bits per heavy atom. The lowest BCUT2D eigenvalue weighted by atomic mass is 9.75.